The average Bonchev–Trinajstić information content (AvgIpc) is 3.69. The molecule has 0 radical (unpaired) electrons. The fraction of sp³-hybridized carbons (Fsp3) is 0.472. The van der Waals surface area contributed by atoms with E-state index in [0.29, 0.717) is 42.7 Å². The summed E-state index contributed by atoms with van der Waals surface area (Å²) in [4.78, 5) is 23.4. The van der Waals surface area contributed by atoms with Crippen molar-refractivity contribution in [1.82, 2.24) is 14.8 Å². The number of nitriles is 1. The predicted molar refractivity (Wildman–Crippen MR) is 168 cm³/mol. The number of hydrogen-bond acceptors (Lipinski definition) is 6. The number of likely N-dealkylation sites (tertiary alicyclic amines) is 1. The minimum absolute atomic E-state index is 0.000463. The van der Waals surface area contributed by atoms with Crippen LogP contribution in [0.2, 0.25) is 0 Å². The molecular weight excluding hydrogens is 572 g/mol. The summed E-state index contributed by atoms with van der Waals surface area (Å²) in [6.45, 7) is 6.19. The van der Waals surface area contributed by atoms with Crippen molar-refractivity contribution >= 4 is 22.5 Å². The Morgan fingerprint density at radius 3 is 2.84 bits per heavy atom. The number of alkyl halides is 1. The van der Waals surface area contributed by atoms with Crippen molar-refractivity contribution in [2.75, 3.05) is 37.7 Å². The normalized spacial score (nSPS) is 27.1. The Balaban J connectivity index is 1.25. The summed E-state index contributed by atoms with van der Waals surface area (Å²) < 4.78 is 37.8. The third-order valence-electron chi connectivity index (χ3n) is 11.1. The molecule has 3 aromatic rings. The lowest BCUT2D eigenvalue weighted by atomic mass is 9.85. The van der Waals surface area contributed by atoms with Crippen LogP contribution in [0.5, 0.6) is 5.88 Å². The van der Waals surface area contributed by atoms with Gasteiger partial charge in [-0.2, -0.15) is 5.26 Å². The lowest BCUT2D eigenvalue weighted by Crippen LogP contribution is -2.63. The van der Waals surface area contributed by atoms with Gasteiger partial charge in [0.2, 0.25) is 11.8 Å². The van der Waals surface area contributed by atoms with Gasteiger partial charge in [0.25, 0.3) is 0 Å². The van der Waals surface area contributed by atoms with E-state index < -0.39 is 17.5 Å². The Morgan fingerprint density at radius 1 is 1.13 bits per heavy atom. The van der Waals surface area contributed by atoms with Gasteiger partial charge < -0.3 is 14.5 Å². The van der Waals surface area contributed by atoms with Crippen molar-refractivity contribution < 1.29 is 18.3 Å². The Kier molecular flexibility index (Phi) is 6.83. The van der Waals surface area contributed by atoms with E-state index in [4.69, 9.17) is 9.72 Å². The van der Waals surface area contributed by atoms with E-state index in [1.807, 2.05) is 29.2 Å². The van der Waals surface area contributed by atoms with E-state index in [0.717, 1.165) is 57.1 Å². The van der Waals surface area contributed by atoms with Crippen LogP contribution in [-0.4, -0.2) is 77.3 Å². The molecule has 4 saturated heterocycles. The van der Waals surface area contributed by atoms with E-state index in [9.17, 15) is 14.4 Å². The number of aromatic nitrogens is 1. The fourth-order valence-corrected chi connectivity index (χ4v) is 8.92. The number of ether oxygens (including phenoxy) is 1. The lowest BCUT2D eigenvalue weighted by molar-refractivity contribution is -0.127. The summed E-state index contributed by atoms with van der Waals surface area (Å²) in [6.07, 6.45) is 7.45. The monoisotopic (exact) mass is 609 g/mol. The van der Waals surface area contributed by atoms with Crippen molar-refractivity contribution in [2.45, 2.75) is 75.2 Å². The first-order chi connectivity index (χ1) is 21.9. The molecule has 0 spiro atoms. The molecule has 7 nitrogen and oxygen atoms in total. The topological polar surface area (TPSA) is 72.7 Å². The second kappa shape index (κ2) is 10.8. The van der Waals surface area contributed by atoms with Gasteiger partial charge in [0.05, 0.1) is 23.3 Å². The first-order valence-electron chi connectivity index (χ1n) is 16.3. The van der Waals surface area contributed by atoms with Crippen LogP contribution in [0, 0.1) is 17.1 Å². The standard InChI is InChI=1S/C36H37F2N5O2/c1-2-31(44)42-16-13-29-30(42)20-43(29)34-27-12-11-26(25-10-5-8-22-7-3-4-9-24(22)25)32(38)33(27)40-35(28(34)18-39)45-21-36-14-6-15-41(36)19-23(37)17-36/h2,5,8,10-12,23,29-30H,1,3-4,6-7,9,13-17,19-21H2/t23-,29-,30-,36+/m1/s1. The average molecular weight is 610 g/mol. The fourth-order valence-electron chi connectivity index (χ4n) is 8.92. The molecule has 1 aromatic heterocycles. The Morgan fingerprint density at radius 2 is 2.00 bits per heavy atom. The highest BCUT2D eigenvalue weighted by Crippen LogP contribution is 2.46. The molecule has 0 unspecified atom stereocenters. The number of aryl methyl sites for hydroxylation is 1. The van der Waals surface area contributed by atoms with E-state index in [1.165, 1.54) is 17.2 Å². The number of rotatable bonds is 6. The number of halogens is 2. The lowest BCUT2D eigenvalue weighted by Gasteiger charge is -2.48. The van der Waals surface area contributed by atoms with Crippen LogP contribution in [0.15, 0.2) is 43.0 Å². The first-order valence-corrected chi connectivity index (χ1v) is 16.3. The summed E-state index contributed by atoms with van der Waals surface area (Å²) in [5.74, 6) is -0.439. The summed E-state index contributed by atoms with van der Waals surface area (Å²) in [7, 11) is 0. The predicted octanol–water partition coefficient (Wildman–Crippen LogP) is 5.72. The largest absolute Gasteiger partial charge is 0.475 e. The number of fused-ring (bicyclic) bond motifs is 4. The number of benzene rings is 2. The number of pyridine rings is 1. The molecule has 0 saturated carbocycles. The quantitative estimate of drug-likeness (QED) is 0.333. The maximum absolute atomic E-state index is 16.9. The van der Waals surface area contributed by atoms with Crippen molar-refractivity contribution in [1.29, 1.82) is 5.26 Å². The van der Waals surface area contributed by atoms with Gasteiger partial charge in [-0.3, -0.25) is 9.69 Å². The molecule has 45 heavy (non-hydrogen) atoms. The van der Waals surface area contributed by atoms with Crippen molar-refractivity contribution in [3.63, 3.8) is 0 Å². The summed E-state index contributed by atoms with van der Waals surface area (Å²) >= 11 is 0. The molecule has 8 rings (SSSR count). The number of carbonyl (C=O) groups excluding carboxylic acids is 1. The van der Waals surface area contributed by atoms with Crippen molar-refractivity contribution in [2.24, 2.45) is 0 Å². The molecule has 9 heteroatoms. The zero-order chi connectivity index (χ0) is 30.9. The highest BCUT2D eigenvalue weighted by atomic mass is 19.1. The van der Waals surface area contributed by atoms with Crippen LogP contribution in [-0.2, 0) is 17.6 Å². The van der Waals surface area contributed by atoms with E-state index in [2.05, 4.69) is 28.5 Å². The van der Waals surface area contributed by atoms with Gasteiger partial charge in [-0.25, -0.2) is 13.8 Å². The second-order valence-electron chi connectivity index (χ2n) is 13.4. The summed E-state index contributed by atoms with van der Waals surface area (Å²) in [5, 5.41) is 11.1. The molecule has 5 aliphatic rings. The molecule has 1 amide bonds. The Labute approximate surface area is 262 Å². The van der Waals surface area contributed by atoms with Gasteiger partial charge >= 0.3 is 0 Å². The minimum atomic E-state index is -0.914. The number of anilines is 1. The molecule has 0 N–H and O–H groups in total. The molecule has 4 atom stereocenters. The minimum Gasteiger partial charge on any atom is -0.475 e. The third kappa shape index (κ3) is 4.36. The van der Waals surface area contributed by atoms with E-state index in [1.54, 1.807) is 0 Å². The Bertz CT molecular complexity index is 1770. The number of carbonyl (C=O) groups is 1. The Hall–Kier alpha value is -4.03. The van der Waals surface area contributed by atoms with Gasteiger partial charge in [-0.1, -0.05) is 30.8 Å². The number of nitrogens with zero attached hydrogens (tertiary/aromatic N) is 5. The van der Waals surface area contributed by atoms with Gasteiger partial charge in [0, 0.05) is 37.0 Å². The summed E-state index contributed by atoms with van der Waals surface area (Å²) in [6, 6.07) is 12.2. The summed E-state index contributed by atoms with van der Waals surface area (Å²) in [5.41, 5.74) is 4.44. The van der Waals surface area contributed by atoms with Gasteiger partial charge in [0.1, 0.15) is 29.9 Å². The van der Waals surface area contributed by atoms with Crippen molar-refractivity contribution in [3.8, 4) is 23.1 Å². The maximum atomic E-state index is 16.9. The highest BCUT2D eigenvalue weighted by molar-refractivity contribution is 5.99. The first kappa shape index (κ1) is 28.4. The number of amides is 1. The van der Waals surface area contributed by atoms with Gasteiger partial charge in [0.15, 0.2) is 5.82 Å². The molecule has 4 fully saturated rings. The molecule has 1 aliphatic carbocycles. The van der Waals surface area contributed by atoms with E-state index >= 15 is 4.39 Å². The third-order valence-corrected chi connectivity index (χ3v) is 11.1. The van der Waals surface area contributed by atoms with Crippen molar-refractivity contribution in [3.05, 3.63) is 65.5 Å². The number of hydrogen-bond donors (Lipinski definition) is 0. The van der Waals surface area contributed by atoms with Crippen LogP contribution < -0.4 is 9.64 Å². The second-order valence-corrected chi connectivity index (χ2v) is 13.4. The van der Waals surface area contributed by atoms with Gasteiger partial charge in [-0.15, -0.1) is 0 Å². The molecule has 5 heterocycles. The van der Waals surface area contributed by atoms with Crippen LogP contribution in [0.25, 0.3) is 22.0 Å². The van der Waals surface area contributed by atoms with Crippen LogP contribution in [0.3, 0.4) is 0 Å². The zero-order valence-electron chi connectivity index (χ0n) is 25.4. The van der Waals surface area contributed by atoms with Gasteiger partial charge in [-0.05, 0) is 80.3 Å². The maximum Gasteiger partial charge on any atom is 0.246 e. The zero-order valence-corrected chi connectivity index (χ0v) is 25.4. The molecule has 232 valence electrons. The smallest absolute Gasteiger partial charge is 0.246 e. The molecular formula is C36H37F2N5O2. The van der Waals surface area contributed by atoms with Crippen LogP contribution in [0.4, 0.5) is 14.5 Å². The molecule has 2 aromatic carbocycles. The van der Waals surface area contributed by atoms with Crippen LogP contribution in [0.1, 0.15) is 55.2 Å². The SMILES string of the molecule is C=CC(=O)N1CC[C@@H]2[C@H]1CN2c1c(C#N)c(OC[C@@]23CCCN2C[C@H](F)C3)nc2c(F)c(-c3cccc4c3CCCC4)ccc12. The molecule has 4 aliphatic heterocycles. The molecule has 0 bridgehead atoms. The highest BCUT2D eigenvalue weighted by Gasteiger charge is 2.51. The van der Waals surface area contributed by atoms with Crippen LogP contribution >= 0.6 is 0 Å². The van der Waals surface area contributed by atoms with E-state index in [-0.39, 0.29) is 41.6 Å².